The number of benzene rings is 2. The Morgan fingerprint density at radius 1 is 1.28 bits per heavy atom. The summed E-state index contributed by atoms with van der Waals surface area (Å²) in [5, 5.41) is 3.43. The van der Waals surface area contributed by atoms with Gasteiger partial charge in [0, 0.05) is 7.05 Å². The van der Waals surface area contributed by atoms with Gasteiger partial charge in [0.15, 0.2) is 5.13 Å². The molecule has 7 heteroatoms. The van der Waals surface area contributed by atoms with E-state index >= 15 is 0 Å². The van der Waals surface area contributed by atoms with Gasteiger partial charge in [0.2, 0.25) is 5.91 Å². The van der Waals surface area contributed by atoms with Crippen LogP contribution in [-0.2, 0) is 4.79 Å². The van der Waals surface area contributed by atoms with Crippen LogP contribution in [0.5, 0.6) is 5.75 Å². The van der Waals surface area contributed by atoms with Gasteiger partial charge < -0.3 is 15.0 Å². The molecule has 3 rings (SSSR count). The van der Waals surface area contributed by atoms with Gasteiger partial charge in [-0.25, -0.2) is 9.37 Å². The zero-order valence-electron chi connectivity index (χ0n) is 14.0. The maximum atomic E-state index is 13.8. The van der Waals surface area contributed by atoms with Crippen LogP contribution in [0.2, 0.25) is 0 Å². The van der Waals surface area contributed by atoms with Crippen molar-refractivity contribution in [1.82, 2.24) is 4.98 Å². The molecule has 0 bridgehead atoms. The molecule has 1 aromatic heterocycles. The molecule has 0 unspecified atom stereocenters. The third-order valence-electron chi connectivity index (χ3n) is 3.53. The highest BCUT2D eigenvalue weighted by Gasteiger charge is 2.15. The van der Waals surface area contributed by atoms with Crippen molar-refractivity contribution in [1.29, 1.82) is 0 Å². The Morgan fingerprint density at radius 2 is 2.08 bits per heavy atom. The zero-order chi connectivity index (χ0) is 17.8. The number of para-hydroxylation sites is 3. The standard InChI is InChI=1S/C18H18FN3O2S/c1-3-24-14-9-5-4-8-13(14)20-16(23)11-22(2)18-21-17-12(19)7-6-10-15(17)25-18/h4-10H,3,11H2,1-2H3,(H,20,23). The minimum absolute atomic E-state index is 0.0991. The molecule has 0 saturated carbocycles. The molecule has 0 radical (unpaired) electrons. The van der Waals surface area contributed by atoms with Crippen molar-refractivity contribution in [3.63, 3.8) is 0 Å². The number of hydrogen-bond acceptors (Lipinski definition) is 5. The lowest BCUT2D eigenvalue weighted by molar-refractivity contribution is -0.114. The van der Waals surface area contributed by atoms with E-state index in [0.717, 1.165) is 4.70 Å². The second-order valence-electron chi connectivity index (χ2n) is 5.42. The molecule has 0 aliphatic heterocycles. The van der Waals surface area contributed by atoms with E-state index in [4.69, 9.17) is 4.74 Å². The van der Waals surface area contributed by atoms with Crippen LogP contribution in [0.3, 0.4) is 0 Å². The lowest BCUT2D eigenvalue weighted by Crippen LogP contribution is -2.30. The SMILES string of the molecule is CCOc1ccccc1NC(=O)CN(C)c1nc2c(F)cccc2s1. The Labute approximate surface area is 149 Å². The third-order valence-corrected chi connectivity index (χ3v) is 4.66. The van der Waals surface area contributed by atoms with Gasteiger partial charge in [-0.15, -0.1) is 0 Å². The Hall–Kier alpha value is -2.67. The fourth-order valence-corrected chi connectivity index (χ4v) is 3.33. The summed E-state index contributed by atoms with van der Waals surface area (Å²) < 4.78 is 20.0. The van der Waals surface area contributed by atoms with Crippen LogP contribution in [0, 0.1) is 5.82 Å². The van der Waals surface area contributed by atoms with Crippen molar-refractivity contribution in [3.8, 4) is 5.75 Å². The van der Waals surface area contributed by atoms with Gasteiger partial charge in [-0.05, 0) is 31.2 Å². The molecule has 2 aromatic carbocycles. The first-order valence-corrected chi connectivity index (χ1v) is 8.68. The highest BCUT2D eigenvalue weighted by atomic mass is 32.1. The lowest BCUT2D eigenvalue weighted by Gasteiger charge is -2.16. The van der Waals surface area contributed by atoms with Crippen molar-refractivity contribution in [2.45, 2.75) is 6.92 Å². The lowest BCUT2D eigenvalue weighted by atomic mass is 10.3. The molecular weight excluding hydrogens is 341 g/mol. The van der Waals surface area contributed by atoms with Crippen LogP contribution in [0.25, 0.3) is 10.2 Å². The van der Waals surface area contributed by atoms with E-state index in [1.807, 2.05) is 25.1 Å². The summed E-state index contributed by atoms with van der Waals surface area (Å²) in [4.78, 5) is 18.3. The number of carbonyl (C=O) groups excluding carboxylic acids is 1. The molecule has 1 heterocycles. The monoisotopic (exact) mass is 359 g/mol. The van der Waals surface area contributed by atoms with Crippen LogP contribution in [-0.4, -0.2) is 31.1 Å². The van der Waals surface area contributed by atoms with E-state index in [0.29, 0.717) is 28.7 Å². The number of fused-ring (bicyclic) bond motifs is 1. The van der Waals surface area contributed by atoms with E-state index in [1.54, 1.807) is 30.1 Å². The van der Waals surface area contributed by atoms with E-state index in [1.165, 1.54) is 17.4 Å². The summed E-state index contributed by atoms with van der Waals surface area (Å²) >= 11 is 1.35. The fraction of sp³-hybridized carbons (Fsp3) is 0.222. The maximum absolute atomic E-state index is 13.8. The molecule has 1 N–H and O–H groups in total. The molecule has 0 atom stereocenters. The van der Waals surface area contributed by atoms with Gasteiger partial charge in [-0.1, -0.05) is 29.5 Å². The van der Waals surface area contributed by atoms with Gasteiger partial charge in [0.25, 0.3) is 0 Å². The van der Waals surface area contributed by atoms with Crippen LogP contribution in [0.4, 0.5) is 15.2 Å². The number of ether oxygens (including phenoxy) is 1. The van der Waals surface area contributed by atoms with Gasteiger partial charge in [-0.2, -0.15) is 0 Å². The number of carbonyl (C=O) groups is 1. The minimum atomic E-state index is -0.358. The first-order valence-electron chi connectivity index (χ1n) is 7.86. The average Bonchev–Trinajstić information content (AvgIpc) is 3.03. The van der Waals surface area contributed by atoms with Crippen LogP contribution >= 0.6 is 11.3 Å². The molecule has 3 aromatic rings. The van der Waals surface area contributed by atoms with Crippen molar-refractivity contribution < 1.29 is 13.9 Å². The summed E-state index contributed by atoms with van der Waals surface area (Å²) in [6, 6.07) is 12.1. The molecular formula is C18H18FN3O2S. The molecule has 0 fully saturated rings. The van der Waals surface area contributed by atoms with Crippen LogP contribution in [0.15, 0.2) is 42.5 Å². The fourth-order valence-electron chi connectivity index (χ4n) is 2.39. The zero-order valence-corrected chi connectivity index (χ0v) is 14.8. The number of nitrogens with one attached hydrogen (secondary N) is 1. The second-order valence-corrected chi connectivity index (χ2v) is 6.43. The minimum Gasteiger partial charge on any atom is -0.492 e. The third kappa shape index (κ3) is 3.88. The molecule has 0 spiro atoms. The summed E-state index contributed by atoms with van der Waals surface area (Å²) in [6.45, 7) is 2.50. The normalized spacial score (nSPS) is 10.7. The Kier molecular flexibility index (Phi) is 5.14. The first-order chi connectivity index (χ1) is 12.1. The smallest absolute Gasteiger partial charge is 0.244 e. The molecule has 25 heavy (non-hydrogen) atoms. The largest absolute Gasteiger partial charge is 0.492 e. The number of amides is 1. The first kappa shape index (κ1) is 17.2. The molecule has 5 nitrogen and oxygen atoms in total. The van der Waals surface area contributed by atoms with Gasteiger partial charge >= 0.3 is 0 Å². The summed E-state index contributed by atoms with van der Waals surface area (Å²) in [7, 11) is 1.75. The quantitative estimate of drug-likeness (QED) is 0.725. The van der Waals surface area contributed by atoms with E-state index in [2.05, 4.69) is 10.3 Å². The number of nitrogens with zero attached hydrogens (tertiary/aromatic N) is 2. The molecule has 130 valence electrons. The second kappa shape index (κ2) is 7.48. The predicted molar refractivity (Wildman–Crippen MR) is 99.1 cm³/mol. The van der Waals surface area contributed by atoms with Crippen LogP contribution < -0.4 is 15.0 Å². The van der Waals surface area contributed by atoms with Crippen molar-refractivity contribution in [2.75, 3.05) is 30.4 Å². The number of likely N-dealkylation sites (N-methyl/N-ethyl adjacent to an activating group) is 1. The predicted octanol–water partition coefficient (Wildman–Crippen LogP) is 3.91. The molecule has 0 aliphatic carbocycles. The number of thiazole rings is 1. The average molecular weight is 359 g/mol. The summed E-state index contributed by atoms with van der Waals surface area (Å²) in [5.74, 6) is 0.0703. The molecule has 0 saturated heterocycles. The van der Waals surface area contributed by atoms with Crippen LogP contribution in [0.1, 0.15) is 6.92 Å². The Balaban J connectivity index is 1.71. The topological polar surface area (TPSA) is 54.5 Å². The number of anilines is 2. The van der Waals surface area contributed by atoms with Crippen molar-refractivity contribution in [3.05, 3.63) is 48.3 Å². The Morgan fingerprint density at radius 3 is 2.84 bits per heavy atom. The van der Waals surface area contributed by atoms with Crippen molar-refractivity contribution in [2.24, 2.45) is 0 Å². The highest BCUT2D eigenvalue weighted by Crippen LogP contribution is 2.29. The number of rotatable bonds is 6. The van der Waals surface area contributed by atoms with E-state index in [-0.39, 0.29) is 18.3 Å². The van der Waals surface area contributed by atoms with Gasteiger partial charge in [0.05, 0.1) is 23.5 Å². The molecule has 0 aliphatic rings. The number of hydrogen-bond donors (Lipinski definition) is 1. The van der Waals surface area contributed by atoms with E-state index < -0.39 is 0 Å². The van der Waals surface area contributed by atoms with Gasteiger partial charge in [-0.3, -0.25) is 4.79 Å². The highest BCUT2D eigenvalue weighted by molar-refractivity contribution is 7.22. The van der Waals surface area contributed by atoms with Gasteiger partial charge in [0.1, 0.15) is 17.1 Å². The maximum Gasteiger partial charge on any atom is 0.244 e. The molecule has 1 amide bonds. The Bertz CT molecular complexity index is 897. The summed E-state index contributed by atoms with van der Waals surface area (Å²) in [5.41, 5.74) is 0.953. The van der Waals surface area contributed by atoms with E-state index in [9.17, 15) is 9.18 Å². The summed E-state index contributed by atoms with van der Waals surface area (Å²) in [6.07, 6.45) is 0. The number of halogens is 1. The number of aromatic nitrogens is 1. The van der Waals surface area contributed by atoms with Crippen molar-refractivity contribution >= 4 is 38.3 Å².